The van der Waals surface area contributed by atoms with Crippen molar-refractivity contribution in [1.82, 2.24) is 0 Å². The van der Waals surface area contributed by atoms with Crippen molar-refractivity contribution in [1.29, 1.82) is 0 Å². The van der Waals surface area contributed by atoms with Gasteiger partial charge in [-0.3, -0.25) is 0 Å². The van der Waals surface area contributed by atoms with Gasteiger partial charge in [-0.15, -0.1) is 0 Å². The van der Waals surface area contributed by atoms with Gasteiger partial charge < -0.3 is 11.5 Å². The van der Waals surface area contributed by atoms with E-state index in [9.17, 15) is 0 Å². The Hall–Kier alpha value is -0.340. The number of rotatable bonds is 4. The molecule has 0 aromatic heterocycles. The monoisotopic (exact) mass is 114 g/mol. The van der Waals surface area contributed by atoms with Crippen LogP contribution in [0, 0.1) is 0 Å². The van der Waals surface area contributed by atoms with Crippen molar-refractivity contribution in [2.45, 2.75) is 12.8 Å². The Labute approximate surface area is 50.6 Å². The number of nitrogens with two attached hydrogens (primary N) is 2. The molecule has 0 saturated carbocycles. The number of unbranched alkanes of at least 4 members (excludes halogenated alkanes) is 1. The SMILES string of the molecule is NCC=CCCCN. The molecule has 2 nitrogen and oxygen atoms in total. The molecule has 2 heteroatoms. The Morgan fingerprint density at radius 1 is 1.12 bits per heavy atom. The lowest BCUT2D eigenvalue weighted by atomic mass is 10.3. The average molecular weight is 114 g/mol. The van der Waals surface area contributed by atoms with Gasteiger partial charge >= 0.3 is 0 Å². The van der Waals surface area contributed by atoms with E-state index in [1.807, 2.05) is 6.08 Å². The lowest BCUT2D eigenvalue weighted by molar-refractivity contribution is 0.853. The summed E-state index contributed by atoms with van der Waals surface area (Å²) < 4.78 is 0. The van der Waals surface area contributed by atoms with Crippen LogP contribution >= 0.6 is 0 Å². The summed E-state index contributed by atoms with van der Waals surface area (Å²) in [5.41, 5.74) is 10.4. The molecule has 0 amide bonds. The minimum absolute atomic E-state index is 0.643. The molecule has 0 fully saturated rings. The van der Waals surface area contributed by atoms with E-state index in [0.29, 0.717) is 6.54 Å². The van der Waals surface area contributed by atoms with Gasteiger partial charge in [-0.05, 0) is 19.4 Å². The quantitative estimate of drug-likeness (QED) is 0.406. The third-order valence-corrected chi connectivity index (χ3v) is 0.878. The van der Waals surface area contributed by atoms with Gasteiger partial charge in [-0.2, -0.15) is 0 Å². The zero-order valence-electron chi connectivity index (χ0n) is 5.14. The summed E-state index contributed by atoms with van der Waals surface area (Å²) in [6.07, 6.45) is 6.15. The Balaban J connectivity index is 2.80. The summed E-state index contributed by atoms with van der Waals surface area (Å²) in [6.45, 7) is 1.42. The van der Waals surface area contributed by atoms with Crippen LogP contribution in [0.1, 0.15) is 12.8 Å². The highest BCUT2D eigenvalue weighted by Crippen LogP contribution is 1.85. The number of allylic oxidation sites excluding steroid dienone is 1. The summed E-state index contributed by atoms with van der Waals surface area (Å²) >= 11 is 0. The largest absolute Gasteiger partial charge is 0.330 e. The van der Waals surface area contributed by atoms with E-state index in [1.165, 1.54) is 0 Å². The van der Waals surface area contributed by atoms with Crippen molar-refractivity contribution in [3.8, 4) is 0 Å². The molecule has 0 aliphatic rings. The van der Waals surface area contributed by atoms with Crippen LogP contribution in [0.2, 0.25) is 0 Å². The first-order valence-corrected chi connectivity index (χ1v) is 2.97. The van der Waals surface area contributed by atoms with E-state index in [-0.39, 0.29) is 0 Å². The van der Waals surface area contributed by atoms with Crippen LogP contribution in [-0.2, 0) is 0 Å². The first-order chi connectivity index (χ1) is 3.91. The van der Waals surface area contributed by atoms with E-state index in [0.717, 1.165) is 19.4 Å². The zero-order chi connectivity index (χ0) is 6.24. The minimum atomic E-state index is 0.643. The predicted octanol–water partition coefficient (Wildman–Crippen LogP) is 0.240. The molecule has 0 rings (SSSR count). The van der Waals surface area contributed by atoms with E-state index >= 15 is 0 Å². The summed E-state index contributed by atoms with van der Waals surface area (Å²) in [7, 11) is 0. The lowest BCUT2D eigenvalue weighted by Crippen LogP contribution is -1.97. The van der Waals surface area contributed by atoms with E-state index < -0.39 is 0 Å². The normalized spacial score (nSPS) is 10.8. The second-order valence-electron chi connectivity index (χ2n) is 1.64. The maximum atomic E-state index is 5.25. The molecule has 0 atom stereocenters. The molecule has 0 saturated heterocycles. The van der Waals surface area contributed by atoms with Gasteiger partial charge in [-0.25, -0.2) is 0 Å². The molecule has 0 aromatic carbocycles. The van der Waals surface area contributed by atoms with Crippen molar-refractivity contribution in [2.75, 3.05) is 13.1 Å². The maximum Gasteiger partial charge on any atom is 0.0106 e. The van der Waals surface area contributed by atoms with E-state index in [1.54, 1.807) is 0 Å². The molecule has 4 N–H and O–H groups in total. The Morgan fingerprint density at radius 3 is 2.38 bits per heavy atom. The van der Waals surface area contributed by atoms with Crippen LogP contribution in [0.25, 0.3) is 0 Å². The van der Waals surface area contributed by atoms with Crippen molar-refractivity contribution >= 4 is 0 Å². The molecule has 0 spiro atoms. The predicted molar refractivity (Wildman–Crippen MR) is 36.5 cm³/mol. The summed E-state index contributed by atoms with van der Waals surface area (Å²) in [4.78, 5) is 0. The lowest BCUT2D eigenvalue weighted by Gasteiger charge is -1.86. The van der Waals surface area contributed by atoms with Gasteiger partial charge in [0.25, 0.3) is 0 Å². The van der Waals surface area contributed by atoms with Crippen LogP contribution in [0.15, 0.2) is 12.2 Å². The fourth-order valence-electron chi connectivity index (χ4n) is 0.450. The summed E-state index contributed by atoms with van der Waals surface area (Å²) in [5, 5.41) is 0. The molecule has 0 radical (unpaired) electrons. The highest BCUT2D eigenvalue weighted by atomic mass is 14.5. The smallest absolute Gasteiger partial charge is 0.0106 e. The highest BCUT2D eigenvalue weighted by molar-refractivity contribution is 4.81. The third-order valence-electron chi connectivity index (χ3n) is 0.878. The average Bonchev–Trinajstić information content (AvgIpc) is 1.81. The minimum Gasteiger partial charge on any atom is -0.330 e. The van der Waals surface area contributed by atoms with Gasteiger partial charge in [-0.1, -0.05) is 12.2 Å². The molecular formula is C6H14N2. The Morgan fingerprint density at radius 2 is 1.88 bits per heavy atom. The fraction of sp³-hybridized carbons (Fsp3) is 0.667. The standard InChI is InChI=1S/C6H14N2/c7-5-3-1-2-4-6-8/h1,3H,2,4-8H2. The van der Waals surface area contributed by atoms with Crippen LogP contribution in [0.4, 0.5) is 0 Å². The molecule has 0 aromatic rings. The molecule has 0 aliphatic carbocycles. The molecule has 0 unspecified atom stereocenters. The summed E-state index contributed by atoms with van der Waals surface area (Å²) in [6, 6.07) is 0. The third kappa shape index (κ3) is 5.66. The van der Waals surface area contributed by atoms with Crippen molar-refractivity contribution in [3.05, 3.63) is 12.2 Å². The number of hydrogen-bond donors (Lipinski definition) is 2. The molecule has 0 heterocycles. The summed E-state index contributed by atoms with van der Waals surface area (Å²) in [5.74, 6) is 0. The van der Waals surface area contributed by atoms with E-state index in [2.05, 4.69) is 6.08 Å². The second kappa shape index (κ2) is 6.66. The number of hydrogen-bond acceptors (Lipinski definition) is 2. The highest BCUT2D eigenvalue weighted by Gasteiger charge is 1.74. The Bertz CT molecular complexity index is 59.5. The van der Waals surface area contributed by atoms with E-state index in [4.69, 9.17) is 11.5 Å². The zero-order valence-corrected chi connectivity index (χ0v) is 5.14. The fourth-order valence-corrected chi connectivity index (χ4v) is 0.450. The van der Waals surface area contributed by atoms with Gasteiger partial charge in [0.15, 0.2) is 0 Å². The van der Waals surface area contributed by atoms with Gasteiger partial charge in [0.2, 0.25) is 0 Å². The molecule has 8 heavy (non-hydrogen) atoms. The van der Waals surface area contributed by atoms with Crippen molar-refractivity contribution < 1.29 is 0 Å². The molecular weight excluding hydrogens is 100 g/mol. The molecule has 0 bridgehead atoms. The first-order valence-electron chi connectivity index (χ1n) is 2.97. The van der Waals surface area contributed by atoms with Gasteiger partial charge in [0, 0.05) is 6.54 Å². The van der Waals surface area contributed by atoms with Gasteiger partial charge in [0.1, 0.15) is 0 Å². The van der Waals surface area contributed by atoms with Gasteiger partial charge in [0.05, 0.1) is 0 Å². The second-order valence-corrected chi connectivity index (χ2v) is 1.64. The maximum absolute atomic E-state index is 5.25. The van der Waals surface area contributed by atoms with Crippen molar-refractivity contribution in [2.24, 2.45) is 11.5 Å². The first kappa shape index (κ1) is 7.66. The van der Waals surface area contributed by atoms with Crippen LogP contribution in [0.5, 0.6) is 0 Å². The molecule has 48 valence electrons. The van der Waals surface area contributed by atoms with Crippen molar-refractivity contribution in [3.63, 3.8) is 0 Å². The van der Waals surface area contributed by atoms with Crippen LogP contribution < -0.4 is 11.5 Å². The van der Waals surface area contributed by atoms with Crippen LogP contribution in [-0.4, -0.2) is 13.1 Å². The Kier molecular flexibility index (Phi) is 6.38. The van der Waals surface area contributed by atoms with Crippen LogP contribution in [0.3, 0.4) is 0 Å². The topological polar surface area (TPSA) is 52.0 Å². The molecule has 0 aliphatic heterocycles.